The molecule has 1 fully saturated rings. The number of nitrogens with zero attached hydrogens (tertiary/aromatic N) is 2. The van der Waals surface area contributed by atoms with Gasteiger partial charge < -0.3 is 5.32 Å². The number of thioether (sulfide) groups is 1. The van der Waals surface area contributed by atoms with Crippen LogP contribution in [0.25, 0.3) is 0 Å². The van der Waals surface area contributed by atoms with E-state index >= 15 is 0 Å². The summed E-state index contributed by atoms with van der Waals surface area (Å²) >= 11 is 5.45. The van der Waals surface area contributed by atoms with E-state index in [1.165, 1.54) is 53.1 Å². The lowest BCUT2D eigenvalue weighted by molar-refractivity contribution is -0.122. The molecule has 0 saturated carbocycles. The number of nitrogens with one attached hydrogen (secondary N) is 1. The van der Waals surface area contributed by atoms with Crippen molar-refractivity contribution in [2.75, 3.05) is 10.2 Å². The number of rotatable bonds is 5. The van der Waals surface area contributed by atoms with Crippen LogP contribution in [0.2, 0.25) is 0 Å². The number of imide groups is 1. The van der Waals surface area contributed by atoms with Crippen molar-refractivity contribution in [2.24, 2.45) is 5.92 Å². The van der Waals surface area contributed by atoms with Crippen molar-refractivity contribution in [3.8, 4) is 0 Å². The monoisotopic (exact) mass is 641 g/mol. The maximum absolute atomic E-state index is 13.8. The van der Waals surface area contributed by atoms with Gasteiger partial charge in [0, 0.05) is 21.0 Å². The fraction of sp³-hybridized carbons (Fsp3) is 0.143. The number of anilines is 2. The van der Waals surface area contributed by atoms with Gasteiger partial charge in [-0.3, -0.25) is 23.7 Å². The summed E-state index contributed by atoms with van der Waals surface area (Å²) in [6.07, 6.45) is 0. The summed E-state index contributed by atoms with van der Waals surface area (Å²) < 4.78 is 29.0. The molecule has 4 aromatic rings. The molecule has 0 spiro atoms. The first kappa shape index (κ1) is 26.6. The van der Waals surface area contributed by atoms with Crippen molar-refractivity contribution in [1.82, 2.24) is 4.57 Å². The lowest BCUT2D eigenvalue weighted by Gasteiger charge is -2.30. The van der Waals surface area contributed by atoms with Gasteiger partial charge in [-0.25, -0.2) is 13.7 Å². The van der Waals surface area contributed by atoms with Gasteiger partial charge >= 0.3 is 4.87 Å². The third-order valence-electron chi connectivity index (χ3n) is 6.79. The van der Waals surface area contributed by atoms with Crippen LogP contribution in [0.5, 0.6) is 0 Å². The summed E-state index contributed by atoms with van der Waals surface area (Å²) in [6, 6.07) is 17.7. The highest BCUT2D eigenvalue weighted by atomic mass is 79.9. The van der Waals surface area contributed by atoms with Crippen LogP contribution in [0.3, 0.4) is 0 Å². The minimum atomic E-state index is -0.862. The fourth-order valence-electron chi connectivity index (χ4n) is 5.01. The molecule has 2 aliphatic rings. The second kappa shape index (κ2) is 10.4. The van der Waals surface area contributed by atoms with Crippen LogP contribution in [0, 0.1) is 17.6 Å². The molecule has 0 radical (unpaired) electrons. The van der Waals surface area contributed by atoms with Crippen molar-refractivity contribution in [1.29, 1.82) is 0 Å². The number of hydrogen-bond donors (Lipinski definition) is 1. The molecule has 1 aromatic heterocycles. The van der Waals surface area contributed by atoms with Crippen LogP contribution < -0.4 is 15.1 Å². The predicted octanol–water partition coefficient (Wildman–Crippen LogP) is 5.39. The summed E-state index contributed by atoms with van der Waals surface area (Å²) in [5.74, 6) is -3.77. The summed E-state index contributed by atoms with van der Waals surface area (Å²) in [5.41, 5.74) is 1.38. The van der Waals surface area contributed by atoms with E-state index in [4.69, 9.17) is 0 Å². The smallest absolute Gasteiger partial charge is 0.308 e. The van der Waals surface area contributed by atoms with Gasteiger partial charge in [0.05, 0.1) is 16.6 Å². The minimum absolute atomic E-state index is 0.264. The van der Waals surface area contributed by atoms with Gasteiger partial charge in [0.1, 0.15) is 23.4 Å². The predicted molar refractivity (Wildman–Crippen MR) is 152 cm³/mol. The molecule has 1 saturated heterocycles. The second-order valence-corrected chi connectivity index (χ2v) is 12.3. The molecule has 202 valence electrons. The normalized spacial score (nSPS) is 19.9. The minimum Gasteiger partial charge on any atom is -0.325 e. The van der Waals surface area contributed by atoms with E-state index < -0.39 is 51.3 Å². The zero-order chi connectivity index (χ0) is 28.1. The Kier molecular flexibility index (Phi) is 6.93. The van der Waals surface area contributed by atoms with Crippen molar-refractivity contribution in [3.05, 3.63) is 109 Å². The molecular weight excluding hydrogens is 624 g/mol. The summed E-state index contributed by atoms with van der Waals surface area (Å²) in [7, 11) is 0. The van der Waals surface area contributed by atoms with Crippen LogP contribution in [-0.4, -0.2) is 27.5 Å². The van der Waals surface area contributed by atoms with Crippen LogP contribution in [-0.2, 0) is 20.9 Å². The fourth-order valence-corrected chi connectivity index (χ4v) is 8.04. The molecule has 0 bridgehead atoms. The number of benzene rings is 3. The third-order valence-corrected chi connectivity index (χ3v) is 9.93. The number of hydrogen-bond acceptors (Lipinski definition) is 6. The second-order valence-electron chi connectivity index (χ2n) is 9.26. The molecule has 3 aromatic carbocycles. The van der Waals surface area contributed by atoms with Crippen LogP contribution >= 0.6 is 39.0 Å². The van der Waals surface area contributed by atoms with Gasteiger partial charge in [0.15, 0.2) is 0 Å². The molecule has 2 unspecified atom stereocenters. The zero-order valence-corrected chi connectivity index (χ0v) is 23.6. The van der Waals surface area contributed by atoms with Crippen LogP contribution in [0.4, 0.5) is 20.2 Å². The molecule has 3 heterocycles. The van der Waals surface area contributed by atoms with Crippen LogP contribution in [0.15, 0.2) is 87.1 Å². The first-order chi connectivity index (χ1) is 19.2. The average molecular weight is 643 g/mol. The summed E-state index contributed by atoms with van der Waals surface area (Å²) in [6.45, 7) is -0.330. The highest BCUT2D eigenvalue weighted by Gasteiger charge is 2.56. The van der Waals surface area contributed by atoms with Crippen molar-refractivity contribution >= 4 is 68.1 Å². The maximum atomic E-state index is 13.8. The summed E-state index contributed by atoms with van der Waals surface area (Å²) in [4.78, 5) is 54.8. The molecular formula is C28H18BrF2N3O4S2. The van der Waals surface area contributed by atoms with Crippen molar-refractivity contribution in [2.45, 2.75) is 22.7 Å². The Morgan fingerprint density at radius 1 is 0.875 bits per heavy atom. The van der Waals surface area contributed by atoms with Gasteiger partial charge in [-0.1, -0.05) is 51.2 Å². The van der Waals surface area contributed by atoms with Gasteiger partial charge in [-0.2, -0.15) is 0 Å². The molecule has 12 heteroatoms. The molecule has 1 N–H and O–H groups in total. The Morgan fingerprint density at radius 3 is 2.15 bits per heavy atom. The number of fused-ring (bicyclic) bond motifs is 2. The highest BCUT2D eigenvalue weighted by Crippen LogP contribution is 2.53. The van der Waals surface area contributed by atoms with Crippen LogP contribution in [0.1, 0.15) is 16.4 Å². The van der Waals surface area contributed by atoms with Gasteiger partial charge in [0.2, 0.25) is 17.7 Å². The maximum Gasteiger partial charge on any atom is 0.308 e. The van der Waals surface area contributed by atoms with Crippen molar-refractivity contribution < 1.29 is 23.2 Å². The van der Waals surface area contributed by atoms with Gasteiger partial charge in [0.25, 0.3) is 0 Å². The first-order valence-corrected chi connectivity index (χ1v) is 14.5. The molecule has 6 rings (SSSR count). The standard InChI is InChI=1S/C28H18BrF2N3O4S2/c29-15-3-1-14(2-4-15)21-22-23(26(37)34(25(22)36)19-11-7-17(31)8-12-19)39-27-24(21)40-28(38)33(27)13-20(35)32-18-9-5-16(30)6-10-18/h1-12,21-23H,13H2,(H,32,35)/t21-,22?,23?/m1/s1. The highest BCUT2D eigenvalue weighted by molar-refractivity contribution is 9.10. The number of halogens is 3. The molecule has 7 nitrogen and oxygen atoms in total. The zero-order valence-electron chi connectivity index (χ0n) is 20.3. The topological polar surface area (TPSA) is 88.5 Å². The first-order valence-electron chi connectivity index (χ1n) is 12.1. The number of aromatic nitrogens is 1. The summed E-state index contributed by atoms with van der Waals surface area (Å²) in [5, 5.41) is 2.23. The molecule has 2 aliphatic heterocycles. The lowest BCUT2D eigenvalue weighted by Crippen LogP contribution is -2.33. The number of carbonyl (C=O) groups is 3. The van der Waals surface area contributed by atoms with E-state index in [9.17, 15) is 28.0 Å². The Bertz CT molecular complexity index is 1710. The largest absolute Gasteiger partial charge is 0.325 e. The quantitative estimate of drug-likeness (QED) is 0.296. The van der Waals surface area contributed by atoms with E-state index in [0.29, 0.717) is 15.6 Å². The average Bonchev–Trinajstić information content (AvgIpc) is 3.37. The molecule has 40 heavy (non-hydrogen) atoms. The van der Waals surface area contributed by atoms with E-state index in [2.05, 4.69) is 21.2 Å². The SMILES string of the molecule is O=C(Cn1c2c(sc1=O)[C@H](c1ccc(Br)cc1)C1C(=O)N(c3ccc(F)cc3)C(=O)C1S2)Nc1ccc(F)cc1. The Balaban J connectivity index is 1.40. The Hall–Kier alpha value is -3.61. The number of carbonyl (C=O) groups excluding carboxylic acids is 3. The number of amides is 3. The van der Waals surface area contributed by atoms with E-state index in [1.54, 1.807) is 0 Å². The van der Waals surface area contributed by atoms with E-state index in [-0.39, 0.29) is 12.2 Å². The molecule has 0 aliphatic carbocycles. The van der Waals surface area contributed by atoms with Gasteiger partial charge in [-0.15, -0.1) is 0 Å². The van der Waals surface area contributed by atoms with E-state index in [1.807, 2.05) is 24.3 Å². The Labute approximate surface area is 242 Å². The van der Waals surface area contributed by atoms with Crippen molar-refractivity contribution in [3.63, 3.8) is 0 Å². The molecule has 3 amide bonds. The third kappa shape index (κ3) is 4.69. The number of thiazole rings is 1. The van der Waals surface area contributed by atoms with Gasteiger partial charge in [-0.05, 0) is 66.2 Å². The Morgan fingerprint density at radius 2 is 1.50 bits per heavy atom. The molecule has 3 atom stereocenters. The van der Waals surface area contributed by atoms with E-state index in [0.717, 1.165) is 38.0 Å². The lowest BCUT2D eigenvalue weighted by atomic mass is 9.83.